The van der Waals surface area contributed by atoms with Crippen molar-refractivity contribution in [2.45, 2.75) is 12.7 Å². The smallest absolute Gasteiger partial charge is 0.338 e. The van der Waals surface area contributed by atoms with E-state index >= 15 is 0 Å². The lowest BCUT2D eigenvalue weighted by atomic mass is 10.2. The second-order valence-corrected chi connectivity index (χ2v) is 4.35. The van der Waals surface area contributed by atoms with Gasteiger partial charge in [-0.25, -0.2) is 14.6 Å². The van der Waals surface area contributed by atoms with Crippen molar-refractivity contribution in [2.24, 2.45) is 0 Å². The van der Waals surface area contributed by atoms with Crippen molar-refractivity contribution in [3.8, 4) is 5.75 Å². The van der Waals surface area contributed by atoms with E-state index in [0.29, 0.717) is 5.75 Å². The monoisotopic (exact) mass is 304 g/mol. The first-order valence-corrected chi connectivity index (χ1v) is 6.65. The largest absolute Gasteiger partial charge is 0.479 e. The third-order valence-corrected chi connectivity index (χ3v) is 2.65. The fourth-order valence-corrected chi connectivity index (χ4v) is 1.54. The summed E-state index contributed by atoms with van der Waals surface area (Å²) in [6, 6.07) is 18.0. The molecule has 6 nitrogen and oxygen atoms in total. The normalized spacial score (nSPS) is 11.8. The summed E-state index contributed by atoms with van der Waals surface area (Å²) in [7, 11) is 0. The van der Waals surface area contributed by atoms with E-state index in [1.807, 2.05) is 36.4 Å². The number of carbonyl (C=O) groups is 1. The molecule has 0 aliphatic rings. The van der Waals surface area contributed by atoms with Crippen molar-refractivity contribution in [1.82, 2.24) is 0 Å². The molecule has 0 aliphatic heterocycles. The highest BCUT2D eigenvalue weighted by Gasteiger charge is 2.21. The quantitative estimate of drug-likeness (QED) is 0.567. The van der Waals surface area contributed by atoms with Gasteiger partial charge in [0.25, 0.3) is 0 Å². The van der Waals surface area contributed by atoms with E-state index in [0.717, 1.165) is 5.56 Å². The van der Waals surface area contributed by atoms with Gasteiger partial charge < -0.3 is 9.99 Å². The Balaban J connectivity index is 1.72. The number of carboxylic acid groups (broad SMARTS) is 1. The molecule has 116 valence electrons. The van der Waals surface area contributed by atoms with Crippen LogP contribution in [-0.4, -0.2) is 23.8 Å². The summed E-state index contributed by atoms with van der Waals surface area (Å²) in [6.45, 7) is -0.164. The lowest BCUT2D eigenvalue weighted by molar-refractivity contribution is -0.348. The van der Waals surface area contributed by atoms with E-state index in [2.05, 4.69) is 0 Å². The summed E-state index contributed by atoms with van der Waals surface area (Å²) in [4.78, 5) is 30.6. The molecule has 1 atom stereocenters. The molecule has 2 rings (SSSR count). The minimum absolute atomic E-state index is 0.143. The van der Waals surface area contributed by atoms with E-state index < -0.39 is 12.1 Å². The Bertz CT molecular complexity index is 512. The van der Waals surface area contributed by atoms with Gasteiger partial charge >= 0.3 is 5.97 Å². The summed E-state index contributed by atoms with van der Waals surface area (Å²) in [5.74, 6) is -0.735. The molecule has 0 aliphatic carbocycles. The Morgan fingerprint density at radius 1 is 0.955 bits per heavy atom. The summed E-state index contributed by atoms with van der Waals surface area (Å²) < 4.78 is 0. The van der Waals surface area contributed by atoms with Gasteiger partial charge in [0, 0.05) is 0 Å². The molecule has 6 heteroatoms. The molecule has 22 heavy (non-hydrogen) atoms. The van der Waals surface area contributed by atoms with Crippen LogP contribution in [0.25, 0.3) is 0 Å². The number of rotatable bonds is 9. The number of aliphatic carboxylic acids is 1. The molecule has 0 bridgehead atoms. The van der Waals surface area contributed by atoms with Crippen molar-refractivity contribution >= 4 is 5.97 Å². The van der Waals surface area contributed by atoms with E-state index in [1.165, 1.54) is 0 Å². The molecule has 0 amide bonds. The second-order valence-electron chi connectivity index (χ2n) is 4.35. The Morgan fingerprint density at radius 2 is 1.59 bits per heavy atom. The van der Waals surface area contributed by atoms with Crippen molar-refractivity contribution in [3.05, 3.63) is 66.2 Å². The van der Waals surface area contributed by atoms with Gasteiger partial charge in [0.1, 0.15) is 13.2 Å². The number of carboxylic acids is 1. The average Bonchev–Trinajstić information content (AvgIpc) is 2.55. The summed E-state index contributed by atoms with van der Waals surface area (Å²) in [6.07, 6.45) is -1.28. The second kappa shape index (κ2) is 8.78. The Kier molecular flexibility index (Phi) is 6.38. The van der Waals surface area contributed by atoms with Crippen molar-refractivity contribution in [1.29, 1.82) is 0 Å². The van der Waals surface area contributed by atoms with Crippen LogP contribution < -0.4 is 4.89 Å². The lowest BCUT2D eigenvalue weighted by Gasteiger charge is -2.12. The fraction of sp³-hybridized carbons (Fsp3) is 0.188. The zero-order valence-corrected chi connectivity index (χ0v) is 11.8. The summed E-state index contributed by atoms with van der Waals surface area (Å²) >= 11 is 0. The topological polar surface area (TPSA) is 74.2 Å². The van der Waals surface area contributed by atoms with Crippen molar-refractivity contribution < 1.29 is 29.5 Å². The summed E-state index contributed by atoms with van der Waals surface area (Å²) in [5, 5.41) is 9.03. The number of hydrogen-bond donors (Lipinski definition) is 1. The number of para-hydroxylation sites is 1. The standard InChI is InChI=1S/C16H16O6/c17-16(18)15(12-20-21-14-9-5-2-6-10-14)22-19-11-13-7-3-1-4-8-13/h1-10,15H,11-12H2,(H,17,18)/t15-/m1/s1. The molecule has 0 spiro atoms. The minimum Gasteiger partial charge on any atom is -0.479 e. The summed E-state index contributed by atoms with van der Waals surface area (Å²) in [5.41, 5.74) is 0.869. The Morgan fingerprint density at radius 3 is 2.23 bits per heavy atom. The molecule has 0 radical (unpaired) electrons. The first kappa shape index (κ1) is 16.0. The highest BCUT2D eigenvalue weighted by molar-refractivity contribution is 5.72. The SMILES string of the molecule is O=C(O)[C@@H](COOc1ccccc1)OOCc1ccccc1. The number of benzene rings is 2. The Hall–Kier alpha value is -2.41. The van der Waals surface area contributed by atoms with E-state index in [9.17, 15) is 4.79 Å². The van der Waals surface area contributed by atoms with Crippen LogP contribution in [-0.2, 0) is 26.1 Å². The van der Waals surface area contributed by atoms with Gasteiger partial charge in [0.2, 0.25) is 6.10 Å². The van der Waals surface area contributed by atoms with E-state index in [1.54, 1.807) is 24.3 Å². The fourth-order valence-electron chi connectivity index (χ4n) is 1.54. The molecular weight excluding hydrogens is 288 g/mol. The zero-order valence-electron chi connectivity index (χ0n) is 11.8. The molecule has 0 unspecified atom stereocenters. The predicted molar refractivity (Wildman–Crippen MR) is 76.8 cm³/mol. The maximum Gasteiger partial charge on any atom is 0.338 e. The molecule has 2 aromatic carbocycles. The van der Waals surface area contributed by atoms with Gasteiger partial charge in [-0.05, 0) is 17.7 Å². The highest BCUT2D eigenvalue weighted by atomic mass is 17.2. The van der Waals surface area contributed by atoms with Crippen LogP contribution in [0.3, 0.4) is 0 Å². The maximum atomic E-state index is 11.0. The molecule has 0 saturated heterocycles. The van der Waals surface area contributed by atoms with E-state index in [-0.39, 0.29) is 13.2 Å². The van der Waals surface area contributed by atoms with Crippen LogP contribution in [0.1, 0.15) is 5.56 Å². The van der Waals surface area contributed by atoms with Crippen molar-refractivity contribution in [2.75, 3.05) is 6.61 Å². The van der Waals surface area contributed by atoms with Gasteiger partial charge in [0.15, 0.2) is 5.75 Å². The van der Waals surface area contributed by atoms with Crippen LogP contribution in [0.5, 0.6) is 5.75 Å². The lowest BCUT2D eigenvalue weighted by Crippen LogP contribution is -2.30. The van der Waals surface area contributed by atoms with Gasteiger partial charge in [-0.1, -0.05) is 48.5 Å². The molecule has 1 N–H and O–H groups in total. The molecule has 0 heterocycles. The van der Waals surface area contributed by atoms with Gasteiger partial charge in [-0.3, -0.25) is 0 Å². The van der Waals surface area contributed by atoms with Crippen LogP contribution >= 0.6 is 0 Å². The third-order valence-electron chi connectivity index (χ3n) is 2.65. The van der Waals surface area contributed by atoms with Crippen LogP contribution in [0, 0.1) is 0 Å². The van der Waals surface area contributed by atoms with Gasteiger partial charge in [-0.15, -0.1) is 0 Å². The van der Waals surface area contributed by atoms with Gasteiger partial charge in [-0.2, -0.15) is 4.89 Å². The average molecular weight is 304 g/mol. The first-order valence-electron chi connectivity index (χ1n) is 6.65. The Labute approximate surface area is 127 Å². The van der Waals surface area contributed by atoms with E-state index in [4.69, 9.17) is 24.7 Å². The molecule has 0 fully saturated rings. The predicted octanol–water partition coefficient (Wildman–Crippen LogP) is 2.60. The maximum absolute atomic E-state index is 11.0. The van der Waals surface area contributed by atoms with Crippen LogP contribution in [0.4, 0.5) is 0 Å². The minimum atomic E-state index is -1.28. The zero-order chi connectivity index (χ0) is 15.6. The number of hydrogen-bond acceptors (Lipinski definition) is 5. The third kappa shape index (κ3) is 5.53. The van der Waals surface area contributed by atoms with Crippen LogP contribution in [0.15, 0.2) is 60.7 Å². The van der Waals surface area contributed by atoms with Crippen molar-refractivity contribution in [3.63, 3.8) is 0 Å². The molecule has 0 saturated carbocycles. The van der Waals surface area contributed by atoms with Crippen LogP contribution in [0.2, 0.25) is 0 Å². The molecular formula is C16H16O6. The molecule has 0 aromatic heterocycles. The first-order chi connectivity index (χ1) is 10.8. The molecule has 2 aromatic rings. The van der Waals surface area contributed by atoms with Gasteiger partial charge in [0.05, 0.1) is 0 Å². The highest BCUT2D eigenvalue weighted by Crippen LogP contribution is 2.09.